The molecular weight excluding hydrogens is 224 g/mol. The van der Waals surface area contributed by atoms with Crippen molar-refractivity contribution in [2.75, 3.05) is 13.1 Å². The van der Waals surface area contributed by atoms with Gasteiger partial charge in [0.2, 0.25) is 0 Å². The van der Waals surface area contributed by atoms with Crippen LogP contribution < -0.4 is 5.73 Å². The quantitative estimate of drug-likeness (QED) is 0.888. The summed E-state index contributed by atoms with van der Waals surface area (Å²) in [5, 5.41) is 4.30. The van der Waals surface area contributed by atoms with Gasteiger partial charge in [-0.15, -0.1) is 0 Å². The van der Waals surface area contributed by atoms with E-state index in [0.29, 0.717) is 6.04 Å². The lowest BCUT2D eigenvalue weighted by molar-refractivity contribution is 0.119. The Hall–Kier alpha value is -0.870. The summed E-state index contributed by atoms with van der Waals surface area (Å²) in [6.45, 7) is 6.83. The van der Waals surface area contributed by atoms with Crippen LogP contribution in [0.1, 0.15) is 44.7 Å². The molecule has 2 N–H and O–H groups in total. The largest absolute Gasteiger partial charge is 0.326 e. The van der Waals surface area contributed by atoms with Crippen LogP contribution in [0, 0.1) is 5.92 Å². The van der Waals surface area contributed by atoms with Crippen molar-refractivity contribution in [2.45, 2.75) is 45.2 Å². The highest BCUT2D eigenvalue weighted by atomic mass is 15.3. The van der Waals surface area contributed by atoms with Gasteiger partial charge in [0.1, 0.15) is 0 Å². The standard InChI is InChI=1S/C14H26N4/c1-4-13(15)14(12-9-16-17(3)10-12)18-7-5-11(2)6-8-18/h9-11,13-14H,4-8,15H2,1-3H3. The molecule has 102 valence electrons. The molecule has 0 amide bonds. The predicted octanol–water partition coefficient (Wildman–Crippen LogP) is 1.93. The summed E-state index contributed by atoms with van der Waals surface area (Å²) in [6, 6.07) is 0.527. The molecule has 0 aliphatic carbocycles. The molecule has 2 atom stereocenters. The maximum Gasteiger partial charge on any atom is 0.0538 e. The van der Waals surface area contributed by atoms with Crippen LogP contribution >= 0.6 is 0 Å². The van der Waals surface area contributed by atoms with Crippen molar-refractivity contribution < 1.29 is 0 Å². The van der Waals surface area contributed by atoms with Crippen molar-refractivity contribution in [3.63, 3.8) is 0 Å². The highest BCUT2D eigenvalue weighted by Gasteiger charge is 2.29. The average molecular weight is 250 g/mol. The first kappa shape index (κ1) is 13.6. The minimum atomic E-state index is 0.197. The molecule has 0 radical (unpaired) electrons. The van der Waals surface area contributed by atoms with Gasteiger partial charge in [-0.3, -0.25) is 9.58 Å². The molecule has 1 aromatic heterocycles. The van der Waals surface area contributed by atoms with Crippen molar-refractivity contribution >= 4 is 0 Å². The van der Waals surface area contributed by atoms with Gasteiger partial charge in [0, 0.05) is 24.8 Å². The van der Waals surface area contributed by atoms with Gasteiger partial charge in [0.25, 0.3) is 0 Å². The number of rotatable bonds is 4. The summed E-state index contributed by atoms with van der Waals surface area (Å²) in [6.07, 6.45) is 7.66. The topological polar surface area (TPSA) is 47.1 Å². The third-order valence-electron chi connectivity index (χ3n) is 4.15. The Kier molecular flexibility index (Phi) is 4.40. The lowest BCUT2D eigenvalue weighted by Crippen LogP contribution is -2.44. The number of nitrogens with zero attached hydrogens (tertiary/aromatic N) is 3. The fourth-order valence-corrected chi connectivity index (χ4v) is 2.85. The van der Waals surface area contributed by atoms with Crippen LogP contribution in [-0.2, 0) is 7.05 Å². The third kappa shape index (κ3) is 2.93. The summed E-state index contributed by atoms with van der Waals surface area (Å²) in [7, 11) is 1.97. The predicted molar refractivity (Wildman–Crippen MR) is 74.2 cm³/mol. The minimum Gasteiger partial charge on any atom is -0.326 e. The highest BCUT2D eigenvalue weighted by Crippen LogP contribution is 2.29. The Morgan fingerprint density at radius 3 is 2.61 bits per heavy atom. The van der Waals surface area contributed by atoms with Crippen LogP contribution in [0.5, 0.6) is 0 Å². The molecular formula is C14H26N4. The molecule has 4 heteroatoms. The average Bonchev–Trinajstić information content (AvgIpc) is 2.78. The number of hydrogen-bond donors (Lipinski definition) is 1. The first-order valence-corrected chi connectivity index (χ1v) is 7.10. The number of piperidine rings is 1. The second kappa shape index (κ2) is 5.85. The Balaban J connectivity index is 2.15. The molecule has 1 saturated heterocycles. The van der Waals surface area contributed by atoms with E-state index in [1.54, 1.807) is 0 Å². The minimum absolute atomic E-state index is 0.197. The third-order valence-corrected chi connectivity index (χ3v) is 4.15. The van der Waals surface area contributed by atoms with Gasteiger partial charge in [0.05, 0.1) is 12.2 Å². The highest BCUT2D eigenvalue weighted by molar-refractivity contribution is 5.13. The Morgan fingerprint density at radius 2 is 2.11 bits per heavy atom. The van der Waals surface area contributed by atoms with Crippen molar-refractivity contribution in [2.24, 2.45) is 18.7 Å². The zero-order valence-corrected chi connectivity index (χ0v) is 11.8. The van der Waals surface area contributed by atoms with Gasteiger partial charge < -0.3 is 5.73 Å². The van der Waals surface area contributed by atoms with Crippen LogP contribution in [0.3, 0.4) is 0 Å². The summed E-state index contributed by atoms with van der Waals surface area (Å²) < 4.78 is 1.87. The fourth-order valence-electron chi connectivity index (χ4n) is 2.85. The van der Waals surface area contributed by atoms with Gasteiger partial charge in [-0.05, 0) is 38.3 Å². The van der Waals surface area contributed by atoms with Crippen molar-refractivity contribution in [1.29, 1.82) is 0 Å². The number of nitrogens with two attached hydrogens (primary N) is 1. The summed E-state index contributed by atoms with van der Waals surface area (Å²) in [5.41, 5.74) is 7.61. The van der Waals surface area contributed by atoms with E-state index >= 15 is 0 Å². The summed E-state index contributed by atoms with van der Waals surface area (Å²) in [5.74, 6) is 0.855. The van der Waals surface area contributed by atoms with E-state index < -0.39 is 0 Å². The molecule has 0 bridgehead atoms. The molecule has 0 aromatic carbocycles. The van der Waals surface area contributed by atoms with E-state index in [1.807, 2.05) is 17.9 Å². The van der Waals surface area contributed by atoms with E-state index in [0.717, 1.165) is 25.4 Å². The number of aryl methyl sites for hydroxylation is 1. The molecule has 1 aromatic rings. The molecule has 1 aliphatic rings. The Morgan fingerprint density at radius 1 is 1.44 bits per heavy atom. The Bertz CT molecular complexity index is 366. The lowest BCUT2D eigenvalue weighted by Gasteiger charge is -2.39. The second-order valence-corrected chi connectivity index (χ2v) is 5.68. The maximum absolute atomic E-state index is 6.35. The van der Waals surface area contributed by atoms with E-state index in [9.17, 15) is 0 Å². The molecule has 1 fully saturated rings. The van der Waals surface area contributed by atoms with Crippen molar-refractivity contribution in [1.82, 2.24) is 14.7 Å². The maximum atomic E-state index is 6.35. The van der Waals surface area contributed by atoms with Crippen LogP contribution in [0.4, 0.5) is 0 Å². The molecule has 2 rings (SSSR count). The second-order valence-electron chi connectivity index (χ2n) is 5.68. The monoisotopic (exact) mass is 250 g/mol. The molecule has 1 aliphatic heterocycles. The number of hydrogen-bond acceptors (Lipinski definition) is 3. The van der Waals surface area contributed by atoms with Gasteiger partial charge in [-0.25, -0.2) is 0 Å². The lowest BCUT2D eigenvalue weighted by atomic mass is 9.93. The smallest absolute Gasteiger partial charge is 0.0538 e. The Labute approximate surface area is 110 Å². The SMILES string of the molecule is CCC(N)C(c1cnn(C)c1)N1CCC(C)CC1. The number of likely N-dealkylation sites (tertiary alicyclic amines) is 1. The van der Waals surface area contributed by atoms with Crippen LogP contribution in [0.15, 0.2) is 12.4 Å². The van der Waals surface area contributed by atoms with Gasteiger partial charge in [0.15, 0.2) is 0 Å². The molecule has 18 heavy (non-hydrogen) atoms. The summed E-state index contributed by atoms with van der Waals surface area (Å²) in [4.78, 5) is 2.55. The van der Waals surface area contributed by atoms with Gasteiger partial charge in [-0.2, -0.15) is 5.10 Å². The molecule has 2 heterocycles. The molecule has 0 spiro atoms. The zero-order chi connectivity index (χ0) is 13.1. The zero-order valence-electron chi connectivity index (χ0n) is 11.8. The van der Waals surface area contributed by atoms with Gasteiger partial charge in [-0.1, -0.05) is 13.8 Å². The van der Waals surface area contributed by atoms with E-state index in [2.05, 4.69) is 30.0 Å². The first-order valence-electron chi connectivity index (χ1n) is 7.10. The van der Waals surface area contributed by atoms with E-state index in [4.69, 9.17) is 5.73 Å². The van der Waals surface area contributed by atoms with Crippen molar-refractivity contribution in [3.05, 3.63) is 18.0 Å². The van der Waals surface area contributed by atoms with Crippen LogP contribution in [-0.4, -0.2) is 33.8 Å². The molecule has 4 nitrogen and oxygen atoms in total. The van der Waals surface area contributed by atoms with E-state index in [-0.39, 0.29) is 6.04 Å². The van der Waals surface area contributed by atoms with E-state index in [1.165, 1.54) is 18.4 Å². The van der Waals surface area contributed by atoms with Gasteiger partial charge >= 0.3 is 0 Å². The fraction of sp³-hybridized carbons (Fsp3) is 0.786. The first-order chi connectivity index (χ1) is 8.61. The number of aromatic nitrogens is 2. The normalized spacial score (nSPS) is 22.0. The van der Waals surface area contributed by atoms with Crippen LogP contribution in [0.25, 0.3) is 0 Å². The van der Waals surface area contributed by atoms with Crippen molar-refractivity contribution in [3.8, 4) is 0 Å². The molecule has 0 saturated carbocycles. The van der Waals surface area contributed by atoms with Crippen LogP contribution in [0.2, 0.25) is 0 Å². The molecule has 2 unspecified atom stereocenters. The summed E-state index contributed by atoms with van der Waals surface area (Å²) >= 11 is 0.